The number of aliphatic hydroxyl groups is 3. The topological polar surface area (TPSA) is 174 Å². The lowest BCUT2D eigenvalue weighted by molar-refractivity contribution is -0.140. The van der Waals surface area contributed by atoms with Gasteiger partial charge >= 0.3 is 5.97 Å². The van der Waals surface area contributed by atoms with Gasteiger partial charge in [0.1, 0.15) is 12.1 Å². The Kier molecular flexibility index (Phi) is 8.81. The summed E-state index contributed by atoms with van der Waals surface area (Å²) < 4.78 is 0. The minimum Gasteiger partial charge on any atom is -0.480 e. The molecule has 10 heteroatoms. The van der Waals surface area contributed by atoms with Gasteiger partial charge < -0.3 is 37.2 Å². The molecule has 0 radical (unpaired) electrons. The summed E-state index contributed by atoms with van der Waals surface area (Å²) in [7, 11) is 0. The van der Waals surface area contributed by atoms with Crippen LogP contribution in [0.4, 0.5) is 0 Å². The Hall–Kier alpha value is -1.07. The van der Waals surface area contributed by atoms with Crippen molar-refractivity contribution in [1.29, 1.82) is 0 Å². The summed E-state index contributed by atoms with van der Waals surface area (Å²) in [6, 6.07) is -0.793. The van der Waals surface area contributed by atoms with Crippen LogP contribution in [0.5, 0.6) is 0 Å². The Morgan fingerprint density at radius 2 is 1.86 bits per heavy atom. The van der Waals surface area contributed by atoms with Crippen molar-refractivity contribution in [3.63, 3.8) is 0 Å². The van der Waals surface area contributed by atoms with Crippen LogP contribution in [0.25, 0.3) is 0 Å². The third kappa shape index (κ3) is 5.96. The summed E-state index contributed by atoms with van der Waals surface area (Å²) in [5.41, 5.74) is 10.6. The summed E-state index contributed by atoms with van der Waals surface area (Å²) in [4.78, 5) is 15.6. The molecule has 1 aliphatic carbocycles. The van der Waals surface area contributed by atoms with Crippen molar-refractivity contribution in [3.05, 3.63) is 0 Å². The first-order valence-corrected chi connectivity index (χ1v) is 10.9. The fourth-order valence-electron chi connectivity index (χ4n) is 4.24. The van der Waals surface area contributed by atoms with E-state index in [4.69, 9.17) is 11.5 Å². The molecule has 0 spiro atoms. The number of nitrogens with one attached hydrogen (secondary N) is 1. The summed E-state index contributed by atoms with van der Waals surface area (Å²) >= 11 is 1.48. The van der Waals surface area contributed by atoms with Crippen molar-refractivity contribution in [1.82, 2.24) is 5.32 Å². The van der Waals surface area contributed by atoms with Crippen LogP contribution in [0, 0.1) is 5.92 Å². The van der Waals surface area contributed by atoms with Crippen LogP contribution in [0.3, 0.4) is 0 Å². The van der Waals surface area contributed by atoms with E-state index in [0.717, 1.165) is 25.7 Å². The quantitative estimate of drug-likeness (QED) is 0.152. The van der Waals surface area contributed by atoms with Crippen LogP contribution in [-0.4, -0.2) is 79.8 Å². The number of carbonyl (C=O) groups is 1. The number of aliphatic carboxylic acids is 1. The molecule has 0 aromatic rings. The molecule has 0 amide bonds. The number of thioether (sulfide) groups is 1. The summed E-state index contributed by atoms with van der Waals surface area (Å²) in [5.74, 6) is -0.905. The van der Waals surface area contributed by atoms with Crippen LogP contribution in [0.2, 0.25) is 0 Å². The third-order valence-electron chi connectivity index (χ3n) is 5.79. The van der Waals surface area contributed by atoms with Crippen molar-refractivity contribution in [2.24, 2.45) is 22.4 Å². The van der Waals surface area contributed by atoms with E-state index < -0.39 is 30.3 Å². The van der Waals surface area contributed by atoms with Gasteiger partial charge in [0.2, 0.25) is 0 Å². The number of guanidine groups is 1. The standard InChI is InChI=1S/C18H34N4O5S/c1-9-13(23)14(24)15(25)16(28-9)10-5-2-3-6-11(10)22-12(17(26)27)7-4-8-21-18(19)20/h9-16,22-25H,2-8H2,1H3,(H,26,27)(H4,19,20,21)/t9-,10?,11?,12-,13+,14+,15-,16-/m0/s1. The summed E-state index contributed by atoms with van der Waals surface area (Å²) in [6.07, 6.45) is 1.42. The van der Waals surface area contributed by atoms with E-state index in [1.165, 1.54) is 11.8 Å². The molecule has 1 saturated carbocycles. The smallest absolute Gasteiger partial charge is 0.320 e. The first kappa shape index (κ1) is 23.2. The monoisotopic (exact) mass is 418 g/mol. The second kappa shape index (κ2) is 10.6. The molecule has 0 bridgehead atoms. The lowest BCUT2D eigenvalue weighted by Gasteiger charge is -2.46. The highest BCUT2D eigenvalue weighted by atomic mass is 32.2. The van der Waals surface area contributed by atoms with Gasteiger partial charge in [-0.1, -0.05) is 19.8 Å². The van der Waals surface area contributed by atoms with Gasteiger partial charge in [-0.25, -0.2) is 0 Å². The highest BCUT2D eigenvalue weighted by molar-refractivity contribution is 8.00. The van der Waals surface area contributed by atoms with E-state index in [9.17, 15) is 25.2 Å². The Morgan fingerprint density at radius 1 is 1.18 bits per heavy atom. The zero-order valence-corrected chi connectivity index (χ0v) is 17.1. The van der Waals surface area contributed by atoms with Gasteiger partial charge in [0.15, 0.2) is 5.96 Å². The second-order valence-corrected chi connectivity index (χ2v) is 9.40. The van der Waals surface area contributed by atoms with E-state index in [2.05, 4.69) is 10.3 Å². The molecule has 162 valence electrons. The van der Waals surface area contributed by atoms with Gasteiger partial charge in [-0.2, -0.15) is 0 Å². The van der Waals surface area contributed by atoms with E-state index in [1.54, 1.807) is 0 Å². The molecule has 2 aliphatic rings. The number of carboxylic acid groups (broad SMARTS) is 1. The maximum absolute atomic E-state index is 11.7. The Balaban J connectivity index is 2.04. The molecular formula is C18H34N4O5S. The number of nitrogens with two attached hydrogens (primary N) is 2. The number of nitrogens with zero attached hydrogens (tertiary/aromatic N) is 1. The minimum absolute atomic E-state index is 0.00893. The first-order valence-electron chi connectivity index (χ1n) is 9.96. The van der Waals surface area contributed by atoms with E-state index in [0.29, 0.717) is 19.4 Å². The second-order valence-electron chi connectivity index (χ2n) is 7.84. The average molecular weight is 419 g/mol. The van der Waals surface area contributed by atoms with Crippen LogP contribution in [-0.2, 0) is 4.79 Å². The van der Waals surface area contributed by atoms with E-state index >= 15 is 0 Å². The molecule has 2 unspecified atom stereocenters. The summed E-state index contributed by atoms with van der Waals surface area (Å²) in [5, 5.41) is 43.2. The van der Waals surface area contributed by atoms with Gasteiger partial charge in [-0.05, 0) is 31.6 Å². The zero-order valence-electron chi connectivity index (χ0n) is 16.3. The molecule has 9 N–H and O–H groups in total. The van der Waals surface area contributed by atoms with Crippen LogP contribution >= 0.6 is 11.8 Å². The molecule has 1 heterocycles. The van der Waals surface area contributed by atoms with Crippen LogP contribution in [0.1, 0.15) is 45.4 Å². The molecule has 1 saturated heterocycles. The predicted octanol–water partition coefficient (Wildman–Crippen LogP) is -0.772. The van der Waals surface area contributed by atoms with Crippen molar-refractivity contribution < 1.29 is 25.2 Å². The summed E-state index contributed by atoms with van der Waals surface area (Å²) in [6.45, 7) is 2.22. The molecule has 0 aromatic carbocycles. The van der Waals surface area contributed by atoms with Crippen LogP contribution < -0.4 is 16.8 Å². The number of aliphatic imine (C=N–C) groups is 1. The molecule has 2 fully saturated rings. The minimum atomic E-state index is -1.18. The maximum atomic E-state index is 11.7. The fraction of sp³-hybridized carbons (Fsp3) is 0.889. The van der Waals surface area contributed by atoms with Crippen LogP contribution in [0.15, 0.2) is 4.99 Å². The Labute approximate surface area is 170 Å². The number of carboxylic acids is 1. The largest absolute Gasteiger partial charge is 0.480 e. The van der Waals surface area contributed by atoms with Crippen molar-refractivity contribution in [2.45, 2.75) is 86.3 Å². The van der Waals surface area contributed by atoms with Gasteiger partial charge in [-0.15, -0.1) is 11.8 Å². The Bertz CT molecular complexity index is 548. The van der Waals surface area contributed by atoms with Gasteiger partial charge in [0.05, 0.1) is 12.2 Å². The number of rotatable bonds is 8. The first-order chi connectivity index (χ1) is 13.2. The zero-order chi connectivity index (χ0) is 20.8. The maximum Gasteiger partial charge on any atom is 0.320 e. The number of aliphatic hydroxyl groups excluding tert-OH is 3. The molecule has 9 nitrogen and oxygen atoms in total. The normalized spacial score (nSPS) is 37.2. The van der Waals surface area contributed by atoms with Gasteiger partial charge in [-0.3, -0.25) is 9.79 Å². The van der Waals surface area contributed by atoms with E-state index in [1.807, 2.05) is 6.92 Å². The molecule has 2 rings (SSSR count). The average Bonchev–Trinajstić information content (AvgIpc) is 2.65. The van der Waals surface area contributed by atoms with E-state index in [-0.39, 0.29) is 28.4 Å². The number of hydrogen-bond donors (Lipinski definition) is 7. The Morgan fingerprint density at radius 3 is 2.50 bits per heavy atom. The van der Waals surface area contributed by atoms with Crippen molar-refractivity contribution in [2.75, 3.05) is 6.54 Å². The van der Waals surface area contributed by atoms with Gasteiger partial charge in [0.25, 0.3) is 0 Å². The fourth-order valence-corrected chi connectivity index (χ4v) is 5.90. The van der Waals surface area contributed by atoms with Crippen molar-refractivity contribution >= 4 is 23.7 Å². The molecular weight excluding hydrogens is 384 g/mol. The highest BCUT2D eigenvalue weighted by Crippen LogP contribution is 2.42. The lowest BCUT2D eigenvalue weighted by atomic mass is 9.78. The van der Waals surface area contributed by atoms with Crippen molar-refractivity contribution in [3.8, 4) is 0 Å². The highest BCUT2D eigenvalue weighted by Gasteiger charge is 2.47. The molecule has 28 heavy (non-hydrogen) atoms. The number of hydrogen-bond acceptors (Lipinski definition) is 7. The lowest BCUT2D eigenvalue weighted by Crippen LogP contribution is -2.58. The molecule has 8 atom stereocenters. The predicted molar refractivity (Wildman–Crippen MR) is 109 cm³/mol. The van der Waals surface area contributed by atoms with Gasteiger partial charge in [0, 0.05) is 23.1 Å². The molecule has 0 aromatic heterocycles. The third-order valence-corrected chi connectivity index (χ3v) is 7.44. The SMILES string of the molecule is C[C@@H]1S[C@@H](C2CCCCC2N[C@@H](CCCN=C(N)N)C(=O)O)[C@@H](O)[C@H](O)[C@@H]1O. The molecule has 1 aliphatic heterocycles.